The van der Waals surface area contributed by atoms with Crippen LogP contribution in [0.1, 0.15) is 35.7 Å². The number of piperidine rings is 1. The zero-order valence-corrected chi connectivity index (χ0v) is 15.7. The van der Waals surface area contributed by atoms with Gasteiger partial charge in [0.05, 0.1) is 19.7 Å². The Labute approximate surface area is 160 Å². The van der Waals surface area contributed by atoms with Gasteiger partial charge in [0.25, 0.3) is 5.91 Å². The Bertz CT molecular complexity index is 759. The van der Waals surface area contributed by atoms with Crippen molar-refractivity contribution in [2.75, 3.05) is 25.0 Å². The molecule has 1 heterocycles. The van der Waals surface area contributed by atoms with Gasteiger partial charge < -0.3 is 15.0 Å². The molecule has 0 spiro atoms. The molecule has 2 N–H and O–H groups in total. The molecule has 0 aromatic heterocycles. The molecule has 2 aromatic rings. The second kappa shape index (κ2) is 9.33. The van der Waals surface area contributed by atoms with E-state index in [0.717, 1.165) is 38.2 Å². The fraction of sp³-hybridized carbons (Fsp3) is 0.364. The van der Waals surface area contributed by atoms with Crippen LogP contribution in [0, 0.1) is 5.92 Å². The van der Waals surface area contributed by atoms with E-state index in [4.69, 9.17) is 4.74 Å². The van der Waals surface area contributed by atoms with Crippen molar-refractivity contribution < 1.29 is 19.2 Å². The Morgan fingerprint density at radius 3 is 2.56 bits per heavy atom. The number of quaternary nitrogens is 1. The summed E-state index contributed by atoms with van der Waals surface area (Å²) in [4.78, 5) is 25.7. The average Bonchev–Trinajstić information content (AvgIpc) is 2.70. The van der Waals surface area contributed by atoms with Crippen LogP contribution in [-0.2, 0) is 16.1 Å². The van der Waals surface area contributed by atoms with Crippen molar-refractivity contribution in [3.63, 3.8) is 0 Å². The van der Waals surface area contributed by atoms with Gasteiger partial charge >= 0.3 is 5.97 Å². The fourth-order valence-corrected chi connectivity index (χ4v) is 3.56. The fourth-order valence-electron chi connectivity index (χ4n) is 3.56. The van der Waals surface area contributed by atoms with Gasteiger partial charge in [-0.1, -0.05) is 30.3 Å². The molecule has 142 valence electrons. The molecule has 1 amide bonds. The minimum Gasteiger partial charge on any atom is -0.466 e. The lowest BCUT2D eigenvalue weighted by atomic mass is 9.97. The van der Waals surface area contributed by atoms with E-state index in [9.17, 15) is 9.59 Å². The second-order valence-electron chi connectivity index (χ2n) is 6.99. The van der Waals surface area contributed by atoms with Gasteiger partial charge in [-0.15, -0.1) is 0 Å². The van der Waals surface area contributed by atoms with Crippen LogP contribution in [0.25, 0.3) is 0 Å². The summed E-state index contributed by atoms with van der Waals surface area (Å²) in [6.07, 6.45) is 1.96. The van der Waals surface area contributed by atoms with Crippen LogP contribution < -0.4 is 10.2 Å². The monoisotopic (exact) mass is 367 g/mol. The van der Waals surface area contributed by atoms with Crippen LogP contribution in [-0.4, -0.2) is 31.6 Å². The van der Waals surface area contributed by atoms with E-state index >= 15 is 0 Å². The first-order valence-electron chi connectivity index (χ1n) is 9.61. The van der Waals surface area contributed by atoms with E-state index in [1.807, 2.05) is 61.5 Å². The lowest BCUT2D eigenvalue weighted by Crippen LogP contribution is -3.12. The number of likely N-dealkylation sites (tertiary alicyclic amines) is 1. The van der Waals surface area contributed by atoms with Gasteiger partial charge in [0.1, 0.15) is 12.5 Å². The lowest BCUT2D eigenvalue weighted by Gasteiger charge is -2.28. The Kier molecular flexibility index (Phi) is 6.60. The van der Waals surface area contributed by atoms with Crippen LogP contribution in [0.4, 0.5) is 5.69 Å². The summed E-state index contributed by atoms with van der Waals surface area (Å²) in [5.41, 5.74) is 2.60. The normalized spacial score (nSPS) is 19.3. The van der Waals surface area contributed by atoms with Crippen LogP contribution in [0.3, 0.4) is 0 Å². The molecule has 2 aromatic carbocycles. The number of anilines is 1. The minimum atomic E-state index is -0.111. The van der Waals surface area contributed by atoms with Gasteiger partial charge in [-0.05, 0) is 44.0 Å². The average molecular weight is 367 g/mol. The minimum absolute atomic E-state index is 0.00428. The molecular formula is C22H27N2O3+. The summed E-state index contributed by atoms with van der Waals surface area (Å²) < 4.78 is 5.17. The third-order valence-corrected chi connectivity index (χ3v) is 4.94. The van der Waals surface area contributed by atoms with Crippen molar-refractivity contribution in [1.29, 1.82) is 0 Å². The molecule has 5 heteroatoms. The molecule has 0 radical (unpaired) electrons. The first-order chi connectivity index (χ1) is 13.2. The zero-order chi connectivity index (χ0) is 19.1. The molecule has 1 aliphatic heterocycles. The SMILES string of the molecule is CCOC(=O)[C@H]1CCC[NH+](Cc2ccc(C(=O)Nc3ccccc3)cc2)C1. The van der Waals surface area contributed by atoms with Gasteiger partial charge in [0.2, 0.25) is 0 Å². The van der Waals surface area contributed by atoms with E-state index in [-0.39, 0.29) is 17.8 Å². The van der Waals surface area contributed by atoms with Crippen molar-refractivity contribution >= 4 is 17.6 Å². The summed E-state index contributed by atoms with van der Waals surface area (Å²) >= 11 is 0. The van der Waals surface area contributed by atoms with Crippen LogP contribution in [0.15, 0.2) is 54.6 Å². The van der Waals surface area contributed by atoms with Crippen molar-refractivity contribution in [1.82, 2.24) is 0 Å². The molecule has 2 atom stereocenters. The summed E-state index contributed by atoms with van der Waals surface area (Å²) in [5, 5.41) is 2.89. The Hall–Kier alpha value is -2.66. The van der Waals surface area contributed by atoms with E-state index in [1.165, 1.54) is 10.5 Å². The van der Waals surface area contributed by atoms with E-state index in [1.54, 1.807) is 0 Å². The number of carbonyl (C=O) groups is 2. The smallest absolute Gasteiger partial charge is 0.314 e. The predicted molar refractivity (Wildman–Crippen MR) is 105 cm³/mol. The zero-order valence-electron chi connectivity index (χ0n) is 15.7. The highest BCUT2D eigenvalue weighted by Crippen LogP contribution is 2.12. The molecule has 1 unspecified atom stereocenters. The molecule has 3 rings (SSSR count). The van der Waals surface area contributed by atoms with Crippen LogP contribution in [0.2, 0.25) is 0 Å². The molecule has 0 bridgehead atoms. The van der Waals surface area contributed by atoms with Gasteiger partial charge in [0, 0.05) is 16.8 Å². The third-order valence-electron chi connectivity index (χ3n) is 4.94. The topological polar surface area (TPSA) is 59.8 Å². The number of ether oxygens (including phenoxy) is 1. The number of hydrogen-bond donors (Lipinski definition) is 2. The quantitative estimate of drug-likeness (QED) is 0.770. The van der Waals surface area contributed by atoms with Crippen molar-refractivity contribution in [3.8, 4) is 0 Å². The lowest BCUT2D eigenvalue weighted by molar-refractivity contribution is -0.921. The Morgan fingerprint density at radius 2 is 1.85 bits per heavy atom. The third kappa shape index (κ3) is 5.41. The first-order valence-corrected chi connectivity index (χ1v) is 9.61. The molecule has 5 nitrogen and oxygen atoms in total. The highest BCUT2D eigenvalue weighted by atomic mass is 16.5. The molecule has 27 heavy (non-hydrogen) atoms. The summed E-state index contributed by atoms with van der Waals surface area (Å²) in [6.45, 7) is 5.02. The highest BCUT2D eigenvalue weighted by Gasteiger charge is 2.29. The number of nitrogens with one attached hydrogen (secondary N) is 2. The molecule has 0 aliphatic carbocycles. The van der Waals surface area contributed by atoms with E-state index < -0.39 is 0 Å². The van der Waals surface area contributed by atoms with Gasteiger partial charge in [-0.25, -0.2) is 0 Å². The van der Waals surface area contributed by atoms with Crippen molar-refractivity contribution in [2.45, 2.75) is 26.3 Å². The number of esters is 1. The number of para-hydroxylation sites is 1. The van der Waals surface area contributed by atoms with Crippen molar-refractivity contribution in [3.05, 3.63) is 65.7 Å². The maximum absolute atomic E-state index is 12.3. The summed E-state index contributed by atoms with van der Waals surface area (Å²) in [7, 11) is 0. The number of carbonyl (C=O) groups excluding carboxylic acids is 2. The molecule has 1 aliphatic rings. The maximum atomic E-state index is 12.3. The van der Waals surface area contributed by atoms with Crippen LogP contribution >= 0.6 is 0 Å². The molecular weight excluding hydrogens is 340 g/mol. The number of amides is 1. The molecule has 1 fully saturated rings. The Balaban J connectivity index is 1.55. The van der Waals surface area contributed by atoms with Crippen LogP contribution in [0.5, 0.6) is 0 Å². The first kappa shape index (κ1) is 19.1. The maximum Gasteiger partial charge on any atom is 0.314 e. The number of benzene rings is 2. The van der Waals surface area contributed by atoms with Gasteiger partial charge in [-0.2, -0.15) is 0 Å². The standard InChI is InChI=1S/C22H26N2O3/c1-2-27-22(26)19-7-6-14-24(16-19)15-17-10-12-18(13-11-17)21(25)23-20-8-4-3-5-9-20/h3-5,8-13,19H,2,6-7,14-16H2,1H3,(H,23,25)/p+1/t19-/m0/s1. The second-order valence-corrected chi connectivity index (χ2v) is 6.99. The number of hydrogen-bond acceptors (Lipinski definition) is 3. The number of rotatable bonds is 6. The Morgan fingerprint density at radius 1 is 1.11 bits per heavy atom. The van der Waals surface area contributed by atoms with E-state index in [0.29, 0.717) is 12.2 Å². The highest BCUT2D eigenvalue weighted by molar-refractivity contribution is 6.04. The van der Waals surface area contributed by atoms with E-state index in [2.05, 4.69) is 5.32 Å². The van der Waals surface area contributed by atoms with Gasteiger partial charge in [-0.3, -0.25) is 9.59 Å². The predicted octanol–water partition coefficient (Wildman–Crippen LogP) is 2.30. The largest absolute Gasteiger partial charge is 0.466 e. The van der Waals surface area contributed by atoms with Gasteiger partial charge in [0.15, 0.2) is 0 Å². The molecule has 1 saturated heterocycles. The van der Waals surface area contributed by atoms with Crippen molar-refractivity contribution in [2.24, 2.45) is 5.92 Å². The summed E-state index contributed by atoms with van der Waals surface area (Å²) in [5.74, 6) is -0.173. The summed E-state index contributed by atoms with van der Waals surface area (Å²) in [6, 6.07) is 17.2. The molecule has 0 saturated carbocycles.